The Labute approximate surface area is 128 Å². The number of hydrogen-bond donors (Lipinski definition) is 0. The van der Waals surface area contributed by atoms with Gasteiger partial charge in [-0.3, -0.25) is 0 Å². The second kappa shape index (κ2) is 7.82. The molecule has 0 saturated heterocycles. The van der Waals surface area contributed by atoms with Crippen LogP contribution >= 0.6 is 0 Å². The first-order chi connectivity index (χ1) is 9.66. The van der Waals surface area contributed by atoms with Gasteiger partial charge in [-0.1, -0.05) is 0 Å². The van der Waals surface area contributed by atoms with Crippen LogP contribution in [0.25, 0.3) is 0 Å². The van der Waals surface area contributed by atoms with Crippen LogP contribution in [0.4, 0.5) is 0 Å². The maximum atomic E-state index is 11.0. The first-order valence-electron chi connectivity index (χ1n) is 7.30. The molecule has 1 saturated carbocycles. The van der Waals surface area contributed by atoms with Crippen LogP contribution in [0.3, 0.4) is 0 Å². The molecule has 1 aromatic rings. The Hall–Kier alpha value is -0.831. The van der Waals surface area contributed by atoms with Crippen molar-refractivity contribution in [2.24, 2.45) is 0 Å². The van der Waals surface area contributed by atoms with E-state index in [2.05, 4.69) is 30.1 Å². The second-order valence-corrected chi connectivity index (χ2v) is 7.10. The topological polar surface area (TPSA) is 29.5 Å². The summed E-state index contributed by atoms with van der Waals surface area (Å²) >= 11 is -0.212. The van der Waals surface area contributed by atoms with Gasteiger partial charge >= 0.3 is 128 Å². The van der Waals surface area contributed by atoms with Crippen LogP contribution in [-0.2, 0) is 15.2 Å². The molecule has 0 atom stereocenters. The fourth-order valence-corrected chi connectivity index (χ4v) is 3.96. The standard InChI is InChI=1S/C16H23NO2Se/c1-13(18)19-20-16-11-7-6-8-14(16)12-17(2)15-9-4-3-5-10-15/h6-8,11,15H,3-5,9-10,12H2,1-2H3. The van der Waals surface area contributed by atoms with Crippen LogP contribution in [0.5, 0.6) is 0 Å². The summed E-state index contributed by atoms with van der Waals surface area (Å²) in [5.74, 6) is -0.194. The molecule has 1 aliphatic rings. The molecule has 0 amide bonds. The van der Waals surface area contributed by atoms with Crippen molar-refractivity contribution >= 4 is 25.7 Å². The normalized spacial score (nSPS) is 16.4. The fourth-order valence-electron chi connectivity index (χ4n) is 2.74. The number of carbonyl (C=O) groups is 1. The van der Waals surface area contributed by atoms with E-state index in [4.69, 9.17) is 3.82 Å². The van der Waals surface area contributed by atoms with Gasteiger partial charge in [0.15, 0.2) is 0 Å². The van der Waals surface area contributed by atoms with Crippen LogP contribution < -0.4 is 4.46 Å². The Bertz CT molecular complexity index is 444. The first-order valence-corrected chi connectivity index (χ1v) is 8.85. The van der Waals surface area contributed by atoms with Gasteiger partial charge < -0.3 is 0 Å². The number of rotatable bonds is 5. The van der Waals surface area contributed by atoms with Gasteiger partial charge in [-0.2, -0.15) is 0 Å². The molecular weight excluding hydrogens is 317 g/mol. The summed E-state index contributed by atoms with van der Waals surface area (Å²) in [6.45, 7) is 2.42. The molecule has 0 heterocycles. The van der Waals surface area contributed by atoms with E-state index in [-0.39, 0.29) is 21.3 Å². The van der Waals surface area contributed by atoms with Crippen LogP contribution in [0.15, 0.2) is 24.3 Å². The van der Waals surface area contributed by atoms with Gasteiger partial charge in [-0.15, -0.1) is 0 Å². The van der Waals surface area contributed by atoms with Crippen molar-refractivity contribution in [2.75, 3.05) is 7.05 Å². The Morgan fingerprint density at radius 1 is 1.30 bits per heavy atom. The van der Waals surface area contributed by atoms with Crippen molar-refractivity contribution in [3.8, 4) is 0 Å². The number of nitrogens with zero attached hydrogens (tertiary/aromatic N) is 1. The van der Waals surface area contributed by atoms with Crippen LogP contribution in [0.2, 0.25) is 0 Å². The zero-order valence-electron chi connectivity index (χ0n) is 12.3. The summed E-state index contributed by atoms with van der Waals surface area (Å²) in [5, 5.41) is 0. The van der Waals surface area contributed by atoms with Crippen molar-refractivity contribution in [2.45, 2.75) is 51.6 Å². The molecule has 0 radical (unpaired) electrons. The van der Waals surface area contributed by atoms with Gasteiger partial charge in [0.05, 0.1) is 0 Å². The van der Waals surface area contributed by atoms with Gasteiger partial charge in [0, 0.05) is 0 Å². The maximum absolute atomic E-state index is 11.0. The predicted octanol–water partition coefficient (Wildman–Crippen LogP) is 2.26. The molecule has 3 nitrogen and oxygen atoms in total. The van der Waals surface area contributed by atoms with Crippen LogP contribution in [0.1, 0.15) is 44.6 Å². The molecule has 0 spiro atoms. The molecule has 4 heteroatoms. The third-order valence-electron chi connectivity index (χ3n) is 3.84. The molecule has 1 aromatic carbocycles. The van der Waals surface area contributed by atoms with Crippen molar-refractivity contribution in [3.05, 3.63) is 29.8 Å². The van der Waals surface area contributed by atoms with E-state index in [1.807, 2.05) is 6.07 Å². The van der Waals surface area contributed by atoms with E-state index < -0.39 is 0 Å². The van der Waals surface area contributed by atoms with E-state index in [1.165, 1.54) is 49.1 Å². The Morgan fingerprint density at radius 3 is 2.70 bits per heavy atom. The number of hydrogen-bond acceptors (Lipinski definition) is 3. The van der Waals surface area contributed by atoms with E-state index in [1.54, 1.807) is 0 Å². The molecule has 1 fully saturated rings. The summed E-state index contributed by atoms with van der Waals surface area (Å²) in [6.07, 6.45) is 6.72. The SMILES string of the molecule is CC(=O)O[Se]c1ccccc1CN(C)C1CCCCC1. The third-order valence-corrected chi connectivity index (χ3v) is 5.72. The van der Waals surface area contributed by atoms with E-state index >= 15 is 0 Å². The quantitative estimate of drug-likeness (QED) is 0.770. The zero-order chi connectivity index (χ0) is 14.4. The van der Waals surface area contributed by atoms with E-state index in [0.29, 0.717) is 6.04 Å². The van der Waals surface area contributed by atoms with Gasteiger partial charge in [-0.25, -0.2) is 0 Å². The molecule has 110 valence electrons. The molecular formula is C16H23NO2Se. The zero-order valence-corrected chi connectivity index (χ0v) is 14.0. The Balaban J connectivity index is 1.98. The summed E-state index contributed by atoms with van der Waals surface area (Å²) in [6, 6.07) is 9.02. The molecule has 0 aliphatic heterocycles. The van der Waals surface area contributed by atoms with Gasteiger partial charge in [-0.05, 0) is 0 Å². The second-order valence-electron chi connectivity index (χ2n) is 5.47. The van der Waals surface area contributed by atoms with Crippen LogP contribution in [0, 0.1) is 0 Å². The van der Waals surface area contributed by atoms with Crippen molar-refractivity contribution in [1.29, 1.82) is 0 Å². The molecule has 1 aliphatic carbocycles. The summed E-state index contributed by atoms with van der Waals surface area (Å²) in [7, 11) is 2.21. The summed E-state index contributed by atoms with van der Waals surface area (Å²) in [4.78, 5) is 13.4. The molecule has 20 heavy (non-hydrogen) atoms. The molecule has 0 unspecified atom stereocenters. The average molecular weight is 340 g/mol. The van der Waals surface area contributed by atoms with Crippen molar-refractivity contribution < 1.29 is 8.61 Å². The van der Waals surface area contributed by atoms with Crippen molar-refractivity contribution in [1.82, 2.24) is 4.90 Å². The fraction of sp³-hybridized carbons (Fsp3) is 0.562. The van der Waals surface area contributed by atoms with E-state index in [0.717, 1.165) is 6.54 Å². The third kappa shape index (κ3) is 4.62. The van der Waals surface area contributed by atoms with Gasteiger partial charge in [0.1, 0.15) is 0 Å². The first kappa shape index (κ1) is 15.6. The molecule has 2 rings (SSSR count). The Morgan fingerprint density at radius 2 is 2.00 bits per heavy atom. The minimum atomic E-state index is -0.212. The van der Waals surface area contributed by atoms with Gasteiger partial charge in [0.25, 0.3) is 0 Å². The average Bonchev–Trinajstić information content (AvgIpc) is 2.47. The predicted molar refractivity (Wildman–Crippen MR) is 81.9 cm³/mol. The van der Waals surface area contributed by atoms with Gasteiger partial charge in [0.2, 0.25) is 0 Å². The monoisotopic (exact) mass is 341 g/mol. The molecule has 0 aromatic heterocycles. The van der Waals surface area contributed by atoms with Crippen molar-refractivity contribution in [3.63, 3.8) is 0 Å². The van der Waals surface area contributed by atoms with E-state index in [9.17, 15) is 4.79 Å². The number of benzene rings is 1. The minimum absolute atomic E-state index is 0.194. The number of carbonyl (C=O) groups excluding carboxylic acids is 1. The Kier molecular flexibility index (Phi) is 6.08. The van der Waals surface area contributed by atoms with Crippen LogP contribution in [-0.4, -0.2) is 39.2 Å². The molecule has 0 N–H and O–H groups in total. The summed E-state index contributed by atoms with van der Waals surface area (Å²) in [5.41, 5.74) is 1.29. The summed E-state index contributed by atoms with van der Waals surface area (Å²) < 4.78 is 6.38. The molecule has 0 bridgehead atoms.